The normalized spacial score (nSPS) is 28.4. The number of rotatable bonds is 4. The van der Waals surface area contributed by atoms with Gasteiger partial charge >= 0.3 is 0 Å². The SMILES string of the molecule is CS(=O)(=O)O.OCC[N+]1(CCO)C[C@@H]2CCCC[C@H]2C1. The third kappa shape index (κ3) is 6.05. The summed E-state index contributed by atoms with van der Waals surface area (Å²) in [6.45, 7) is 4.61. The van der Waals surface area contributed by atoms with Gasteiger partial charge in [-0.3, -0.25) is 4.55 Å². The zero-order chi connectivity index (χ0) is 15.2. The number of fused-ring (bicyclic) bond motifs is 1. The first-order chi connectivity index (χ1) is 9.29. The van der Waals surface area contributed by atoms with Crippen molar-refractivity contribution in [3.63, 3.8) is 0 Å². The third-order valence-electron chi connectivity index (χ3n) is 4.46. The van der Waals surface area contributed by atoms with Crippen LogP contribution in [0, 0.1) is 11.8 Å². The maximum atomic E-state index is 9.19. The lowest BCUT2D eigenvalue weighted by atomic mass is 9.82. The molecule has 6 nitrogen and oxygen atoms in total. The van der Waals surface area contributed by atoms with E-state index in [0.717, 1.165) is 29.4 Å². The Morgan fingerprint density at radius 1 is 1.00 bits per heavy atom. The van der Waals surface area contributed by atoms with Crippen LogP contribution >= 0.6 is 0 Å². The van der Waals surface area contributed by atoms with Crippen LogP contribution in [0.4, 0.5) is 0 Å². The minimum atomic E-state index is -3.67. The molecule has 1 saturated heterocycles. The van der Waals surface area contributed by atoms with E-state index in [1.54, 1.807) is 0 Å². The first-order valence-corrected chi connectivity index (χ1v) is 9.14. The Labute approximate surface area is 121 Å². The lowest BCUT2D eigenvalue weighted by molar-refractivity contribution is -0.919. The van der Waals surface area contributed by atoms with Crippen LogP contribution in [-0.2, 0) is 10.1 Å². The van der Waals surface area contributed by atoms with E-state index in [9.17, 15) is 8.42 Å². The largest absolute Gasteiger partial charge is 0.391 e. The highest BCUT2D eigenvalue weighted by molar-refractivity contribution is 7.85. The maximum Gasteiger partial charge on any atom is 0.261 e. The molecular formula is C13H28NO5S+. The molecule has 0 bridgehead atoms. The van der Waals surface area contributed by atoms with E-state index in [1.165, 1.54) is 38.8 Å². The summed E-state index contributed by atoms with van der Waals surface area (Å²) in [4.78, 5) is 0. The summed E-state index contributed by atoms with van der Waals surface area (Å²) in [6, 6.07) is 0. The third-order valence-corrected chi connectivity index (χ3v) is 4.46. The first kappa shape index (κ1) is 17.8. The number of aliphatic hydroxyl groups is 2. The van der Waals surface area contributed by atoms with E-state index < -0.39 is 10.1 Å². The fourth-order valence-corrected chi connectivity index (χ4v) is 3.74. The molecule has 0 unspecified atom stereocenters. The molecule has 1 aliphatic carbocycles. The molecule has 0 radical (unpaired) electrons. The smallest absolute Gasteiger partial charge is 0.261 e. The summed E-state index contributed by atoms with van der Waals surface area (Å²) in [7, 11) is -3.67. The summed E-state index contributed by atoms with van der Waals surface area (Å²) in [6.07, 6.45) is 6.24. The monoisotopic (exact) mass is 310 g/mol. The van der Waals surface area contributed by atoms with Crippen molar-refractivity contribution in [3.05, 3.63) is 0 Å². The highest BCUT2D eigenvalue weighted by atomic mass is 32.2. The predicted molar refractivity (Wildman–Crippen MR) is 76.8 cm³/mol. The molecule has 0 aromatic heterocycles. The van der Waals surface area contributed by atoms with E-state index in [0.29, 0.717) is 6.26 Å². The van der Waals surface area contributed by atoms with Crippen molar-refractivity contribution in [2.75, 3.05) is 45.6 Å². The molecule has 1 heterocycles. The molecule has 7 heteroatoms. The summed E-state index contributed by atoms with van der Waals surface area (Å²) in [5, 5.41) is 18.3. The zero-order valence-corrected chi connectivity index (χ0v) is 13.1. The van der Waals surface area contributed by atoms with Gasteiger partial charge < -0.3 is 14.7 Å². The molecule has 2 rings (SSSR count). The standard InChI is InChI=1S/C12H24NO2.CH4O3S/c14-7-5-13(6-8-15)9-11-3-1-2-4-12(11)10-13;1-5(2,3)4/h11-12,14-15H,1-10H2;1H3,(H,2,3,4)/q+1;/t11-,12-;/m0./s1. The lowest BCUT2D eigenvalue weighted by Crippen LogP contribution is -2.50. The maximum absolute atomic E-state index is 9.19. The van der Waals surface area contributed by atoms with Gasteiger partial charge in [0.25, 0.3) is 10.1 Å². The average Bonchev–Trinajstić information content (AvgIpc) is 2.65. The Morgan fingerprint density at radius 3 is 1.65 bits per heavy atom. The van der Waals surface area contributed by atoms with Crippen LogP contribution in [0.25, 0.3) is 0 Å². The van der Waals surface area contributed by atoms with E-state index in [-0.39, 0.29) is 13.2 Å². The van der Waals surface area contributed by atoms with Crippen LogP contribution in [0.5, 0.6) is 0 Å². The summed E-state index contributed by atoms with van der Waals surface area (Å²) in [5.74, 6) is 1.74. The van der Waals surface area contributed by atoms with Crippen molar-refractivity contribution in [1.82, 2.24) is 0 Å². The van der Waals surface area contributed by atoms with Crippen molar-refractivity contribution >= 4 is 10.1 Å². The van der Waals surface area contributed by atoms with Crippen LogP contribution in [-0.4, -0.2) is 73.3 Å². The molecule has 0 spiro atoms. The summed E-state index contributed by atoms with van der Waals surface area (Å²) < 4.78 is 26.8. The van der Waals surface area contributed by atoms with Crippen molar-refractivity contribution in [1.29, 1.82) is 0 Å². The van der Waals surface area contributed by atoms with Gasteiger partial charge in [0.15, 0.2) is 0 Å². The summed E-state index contributed by atoms with van der Waals surface area (Å²) in [5.41, 5.74) is 0. The van der Waals surface area contributed by atoms with E-state index in [2.05, 4.69) is 0 Å². The number of nitrogens with zero attached hydrogens (tertiary/aromatic N) is 1. The number of quaternary nitrogens is 1. The van der Waals surface area contributed by atoms with Crippen LogP contribution in [0.1, 0.15) is 25.7 Å². The van der Waals surface area contributed by atoms with Crippen molar-refractivity contribution in [2.24, 2.45) is 11.8 Å². The number of hydrogen-bond donors (Lipinski definition) is 3. The second-order valence-electron chi connectivity index (χ2n) is 6.14. The highest BCUT2D eigenvalue weighted by Crippen LogP contribution is 2.39. The van der Waals surface area contributed by atoms with Gasteiger partial charge in [-0.05, 0) is 12.8 Å². The van der Waals surface area contributed by atoms with Gasteiger partial charge in [0.05, 0.1) is 32.6 Å². The molecule has 3 N–H and O–H groups in total. The Hall–Kier alpha value is -0.210. The summed E-state index contributed by atoms with van der Waals surface area (Å²) >= 11 is 0. The quantitative estimate of drug-likeness (QED) is 0.506. The second-order valence-corrected chi connectivity index (χ2v) is 7.60. The van der Waals surface area contributed by atoms with Crippen LogP contribution in [0.2, 0.25) is 0 Å². The molecule has 0 aromatic carbocycles. The molecular weight excluding hydrogens is 282 g/mol. The van der Waals surface area contributed by atoms with Gasteiger partial charge in [-0.2, -0.15) is 8.42 Å². The molecule has 0 aromatic rings. The second kappa shape index (κ2) is 7.70. The van der Waals surface area contributed by atoms with Gasteiger partial charge in [0.1, 0.15) is 13.1 Å². The Bertz CT molecular complexity index is 354. The zero-order valence-electron chi connectivity index (χ0n) is 12.2. The number of aliphatic hydroxyl groups excluding tert-OH is 2. The minimum Gasteiger partial charge on any atom is -0.391 e. The molecule has 1 saturated carbocycles. The molecule has 0 amide bonds. The van der Waals surface area contributed by atoms with E-state index in [4.69, 9.17) is 14.8 Å². The van der Waals surface area contributed by atoms with Crippen LogP contribution < -0.4 is 0 Å². The molecule has 2 atom stereocenters. The Kier molecular flexibility index (Phi) is 6.87. The first-order valence-electron chi connectivity index (χ1n) is 7.29. The van der Waals surface area contributed by atoms with Gasteiger partial charge in [-0.25, -0.2) is 0 Å². The van der Waals surface area contributed by atoms with Crippen molar-refractivity contribution in [3.8, 4) is 0 Å². The fraction of sp³-hybridized carbons (Fsp3) is 1.00. The Balaban J connectivity index is 0.000000347. The minimum absolute atomic E-state index is 0.263. The van der Waals surface area contributed by atoms with Crippen molar-refractivity contribution in [2.45, 2.75) is 25.7 Å². The van der Waals surface area contributed by atoms with Gasteiger partial charge in [0, 0.05) is 11.8 Å². The van der Waals surface area contributed by atoms with E-state index >= 15 is 0 Å². The number of hydrogen-bond acceptors (Lipinski definition) is 4. The van der Waals surface area contributed by atoms with Gasteiger partial charge in [0.2, 0.25) is 0 Å². The average molecular weight is 310 g/mol. The number of likely N-dealkylation sites (tertiary alicyclic amines) is 1. The molecule has 2 fully saturated rings. The molecule has 1 aliphatic heterocycles. The molecule has 2 aliphatic rings. The van der Waals surface area contributed by atoms with Crippen LogP contribution in [0.3, 0.4) is 0 Å². The molecule has 20 heavy (non-hydrogen) atoms. The van der Waals surface area contributed by atoms with Crippen LogP contribution in [0.15, 0.2) is 0 Å². The topological polar surface area (TPSA) is 94.8 Å². The predicted octanol–water partition coefficient (Wildman–Crippen LogP) is 0.112. The van der Waals surface area contributed by atoms with Gasteiger partial charge in [-0.15, -0.1) is 0 Å². The fourth-order valence-electron chi connectivity index (χ4n) is 3.74. The molecule has 120 valence electrons. The highest BCUT2D eigenvalue weighted by Gasteiger charge is 2.44. The van der Waals surface area contributed by atoms with Crippen molar-refractivity contribution < 1.29 is 27.7 Å². The van der Waals surface area contributed by atoms with E-state index in [1.807, 2.05) is 0 Å². The van der Waals surface area contributed by atoms with Gasteiger partial charge in [-0.1, -0.05) is 12.8 Å². The Morgan fingerprint density at radius 2 is 1.35 bits per heavy atom. The lowest BCUT2D eigenvalue weighted by Gasteiger charge is -2.33.